The van der Waals surface area contributed by atoms with Gasteiger partial charge < -0.3 is 47.4 Å². The predicted molar refractivity (Wildman–Crippen MR) is 251 cm³/mol. The number of amides is 1. The van der Waals surface area contributed by atoms with Crippen molar-refractivity contribution in [3.05, 3.63) is 73.7 Å². The van der Waals surface area contributed by atoms with Gasteiger partial charge in [0.25, 0.3) is 0 Å². The summed E-state index contributed by atoms with van der Waals surface area (Å²) in [4.78, 5) is 70.1. The number of furan rings is 1. The number of ketones is 1. The van der Waals surface area contributed by atoms with Crippen molar-refractivity contribution >= 4 is 23.8 Å². The molecule has 1 amide bonds. The van der Waals surface area contributed by atoms with Gasteiger partial charge in [-0.15, -0.1) is 6.58 Å². The van der Waals surface area contributed by atoms with Crippen LogP contribution in [0.3, 0.4) is 0 Å². The Labute approximate surface area is 400 Å². The topological polar surface area (TPSA) is 194 Å². The fraction of sp³-hybridized carbons (Fsp3) is 0.647. The minimum atomic E-state index is -1.45. The number of carbonyl (C=O) groups is 4. The molecule has 3 aliphatic rings. The lowest BCUT2D eigenvalue weighted by molar-refractivity contribution is -0.302. The molecule has 3 fully saturated rings. The van der Waals surface area contributed by atoms with E-state index in [9.17, 15) is 19.5 Å². The van der Waals surface area contributed by atoms with E-state index in [1.807, 2.05) is 56.5 Å². The maximum atomic E-state index is 15.0. The van der Waals surface area contributed by atoms with Gasteiger partial charge in [-0.2, -0.15) is 0 Å². The second-order valence-corrected chi connectivity index (χ2v) is 19.6. The van der Waals surface area contributed by atoms with Gasteiger partial charge in [0.2, 0.25) is 0 Å². The summed E-state index contributed by atoms with van der Waals surface area (Å²) in [7, 11) is 3.41. The van der Waals surface area contributed by atoms with Crippen LogP contribution in [-0.2, 0) is 55.8 Å². The number of cyclic esters (lactones) is 1. The van der Waals surface area contributed by atoms with E-state index in [2.05, 4.69) is 16.5 Å². The van der Waals surface area contributed by atoms with Crippen LogP contribution in [0.1, 0.15) is 93.1 Å². The predicted octanol–water partition coefficient (Wildman–Crippen LogP) is 6.66. The van der Waals surface area contributed by atoms with Crippen LogP contribution in [-0.4, -0.2) is 141 Å². The van der Waals surface area contributed by atoms with E-state index in [1.165, 1.54) is 7.11 Å². The molecule has 3 saturated heterocycles. The molecular formula is C51H73N5O12. The van der Waals surface area contributed by atoms with Gasteiger partial charge in [0.1, 0.15) is 29.8 Å². The summed E-state index contributed by atoms with van der Waals surface area (Å²) in [5.41, 5.74) is -1.44. The number of pyridine rings is 1. The largest absolute Gasteiger partial charge is 0.463 e. The lowest BCUT2D eigenvalue weighted by atomic mass is 9.73. The zero-order chi connectivity index (χ0) is 49.5. The molecule has 0 bridgehead atoms. The number of esters is 2. The zero-order valence-electron chi connectivity index (χ0n) is 41.4. The van der Waals surface area contributed by atoms with E-state index < -0.39 is 89.7 Å². The molecule has 3 aliphatic heterocycles. The third kappa shape index (κ3) is 11.6. The highest BCUT2D eigenvalue weighted by Gasteiger charge is 2.60. The fourth-order valence-electron chi connectivity index (χ4n) is 10.8. The van der Waals surface area contributed by atoms with Crippen molar-refractivity contribution in [3.8, 4) is 11.5 Å². The van der Waals surface area contributed by atoms with Crippen molar-refractivity contribution in [2.45, 2.75) is 161 Å². The molecule has 17 heteroatoms. The van der Waals surface area contributed by atoms with Gasteiger partial charge in [0.15, 0.2) is 17.7 Å². The number of aliphatic hydroxyl groups excluding tert-OH is 1. The Morgan fingerprint density at radius 3 is 2.49 bits per heavy atom. The van der Waals surface area contributed by atoms with Crippen molar-refractivity contribution in [1.29, 1.82) is 0 Å². The number of ether oxygens (including phenoxy) is 6. The molecule has 3 aromatic heterocycles. The molecule has 6 rings (SSSR count). The van der Waals surface area contributed by atoms with E-state index in [-0.39, 0.29) is 43.7 Å². The molecule has 68 heavy (non-hydrogen) atoms. The summed E-state index contributed by atoms with van der Waals surface area (Å²) in [6.07, 6.45) is 5.70. The summed E-state index contributed by atoms with van der Waals surface area (Å²) in [6.45, 7) is 19.6. The number of carbonyl (C=O) groups excluding carboxylic acids is 4. The van der Waals surface area contributed by atoms with Crippen LogP contribution >= 0.6 is 0 Å². The minimum absolute atomic E-state index is 0.107. The van der Waals surface area contributed by atoms with E-state index >= 15 is 4.79 Å². The standard InChI is InChI=1S/C51H73N5O12/c1-12-21-54(10)38-25-32(4)64-48(43(38)59)67-46-34(6)44(66-41(57)26-36-18-16-20-52-28-36)35(7)47(60)65-40(13-2)51(9)45(33(5)42(58)31(3)27-50(46,8)62-11)56(49(61)68-51)23-15-14-22-55-29-37(53-30-55)39-19-17-24-63-39/h12,16-20,24,28-35,38,40,43-46,48,59H,1,13-15,21-23,25-27H2,2-11H3/t31-,32+,33+,34+,35-,38-,40-,43+,44+,45-,46-,48-,50-,51-/m1/s1. The van der Waals surface area contributed by atoms with Gasteiger partial charge in [0.05, 0.1) is 48.8 Å². The highest BCUT2D eigenvalue weighted by molar-refractivity contribution is 5.85. The number of methoxy groups -OCH3 is 1. The SMILES string of the molecule is C=CCN(C)[C@@H]1C[C@H](C)O[C@H](O[C@@H]2[C@@H](C)[C@H](OC(=O)Cc3cccnc3)[C@@H](C)C(=O)O[C@H](CC)[C@@]3(C)OC(=O)N(CCCCn4cnc(-c5ccco5)c4)[C@@H]3[C@@H](C)C(=O)[C@H](C)C[C@@]2(C)OC)[C@H]1O. The third-order valence-electron chi connectivity index (χ3n) is 14.5. The average molecular weight is 948 g/mol. The maximum Gasteiger partial charge on any atom is 0.410 e. The number of hydrogen-bond donors (Lipinski definition) is 1. The van der Waals surface area contributed by atoms with Gasteiger partial charge in [-0.05, 0) is 90.6 Å². The average Bonchev–Trinajstić information content (AvgIpc) is 4.08. The Morgan fingerprint density at radius 1 is 1.07 bits per heavy atom. The highest BCUT2D eigenvalue weighted by Crippen LogP contribution is 2.44. The first-order valence-electron chi connectivity index (χ1n) is 24.1. The number of rotatable bonds is 16. The molecule has 3 aromatic rings. The van der Waals surface area contributed by atoms with Crippen molar-refractivity contribution in [3.63, 3.8) is 0 Å². The summed E-state index contributed by atoms with van der Waals surface area (Å²) in [5.74, 6) is -4.23. The molecule has 14 atom stereocenters. The van der Waals surface area contributed by atoms with Crippen LogP contribution in [0.2, 0.25) is 0 Å². The first-order valence-corrected chi connectivity index (χ1v) is 24.1. The number of aryl methyl sites for hydroxylation is 1. The van der Waals surface area contributed by atoms with Gasteiger partial charge in [0, 0.05) is 69.1 Å². The van der Waals surface area contributed by atoms with Gasteiger partial charge in [-0.1, -0.05) is 39.8 Å². The minimum Gasteiger partial charge on any atom is -0.463 e. The van der Waals surface area contributed by atoms with Crippen LogP contribution in [0.4, 0.5) is 4.79 Å². The number of unbranched alkanes of at least 4 members (excludes halogenated alkanes) is 1. The summed E-state index contributed by atoms with van der Waals surface area (Å²) in [5, 5.41) is 11.9. The molecule has 6 heterocycles. The molecule has 0 aliphatic carbocycles. The first-order chi connectivity index (χ1) is 32.3. The monoisotopic (exact) mass is 948 g/mol. The Bertz CT molecular complexity index is 2150. The van der Waals surface area contributed by atoms with E-state index in [0.717, 1.165) is 0 Å². The van der Waals surface area contributed by atoms with Crippen molar-refractivity contribution in [2.24, 2.45) is 23.7 Å². The molecule has 374 valence electrons. The normalized spacial score (nSPS) is 33.9. The number of imidazole rings is 1. The van der Waals surface area contributed by atoms with E-state index in [4.69, 9.17) is 32.8 Å². The fourth-order valence-corrected chi connectivity index (χ4v) is 10.8. The lowest BCUT2D eigenvalue weighted by Crippen LogP contribution is -2.61. The number of aromatic nitrogens is 3. The molecule has 1 N–H and O–H groups in total. The Balaban J connectivity index is 1.35. The number of hydrogen-bond acceptors (Lipinski definition) is 15. The van der Waals surface area contributed by atoms with Crippen LogP contribution in [0.15, 0.2) is 72.5 Å². The summed E-state index contributed by atoms with van der Waals surface area (Å²) in [6, 6.07) is 5.93. The zero-order valence-corrected chi connectivity index (χ0v) is 41.4. The lowest BCUT2D eigenvalue weighted by Gasteiger charge is -2.48. The Kier molecular flexibility index (Phi) is 17.5. The molecule has 0 unspecified atom stereocenters. The Hall–Kier alpha value is -4.94. The number of likely N-dealkylation sites (N-methyl/N-ethyl adjacent to an activating group) is 1. The van der Waals surface area contributed by atoms with Crippen molar-refractivity contribution in [1.82, 2.24) is 24.3 Å². The number of fused-ring (bicyclic) bond motifs is 1. The molecule has 17 nitrogen and oxygen atoms in total. The highest BCUT2D eigenvalue weighted by atomic mass is 16.7. The molecule has 0 radical (unpaired) electrons. The number of aliphatic hydroxyl groups is 1. The number of Topliss-reactive ketones (excluding diaryl/α,β-unsaturated/α-hetero) is 1. The van der Waals surface area contributed by atoms with Crippen molar-refractivity contribution < 1.29 is 57.1 Å². The summed E-state index contributed by atoms with van der Waals surface area (Å²) >= 11 is 0. The van der Waals surface area contributed by atoms with E-state index in [0.29, 0.717) is 49.4 Å². The Morgan fingerprint density at radius 2 is 1.82 bits per heavy atom. The second-order valence-electron chi connectivity index (χ2n) is 19.6. The van der Waals surface area contributed by atoms with Crippen molar-refractivity contribution in [2.75, 3.05) is 27.2 Å². The van der Waals surface area contributed by atoms with Crippen LogP contribution < -0.4 is 0 Å². The quantitative estimate of drug-likeness (QED) is 0.0693. The smallest absolute Gasteiger partial charge is 0.410 e. The number of nitrogens with zero attached hydrogens (tertiary/aromatic N) is 5. The van der Waals surface area contributed by atoms with Gasteiger partial charge in [-0.3, -0.25) is 24.3 Å². The molecule has 0 saturated carbocycles. The first kappa shape index (κ1) is 52.4. The van der Waals surface area contributed by atoms with E-state index in [1.54, 1.807) is 81.9 Å². The van der Waals surface area contributed by atoms with Crippen LogP contribution in [0, 0.1) is 23.7 Å². The van der Waals surface area contributed by atoms with Crippen LogP contribution in [0.5, 0.6) is 0 Å². The molecular weight excluding hydrogens is 875 g/mol. The van der Waals surface area contributed by atoms with Gasteiger partial charge in [-0.25, -0.2) is 9.78 Å². The third-order valence-corrected chi connectivity index (χ3v) is 14.5. The molecule has 0 aromatic carbocycles. The maximum absolute atomic E-state index is 15.0. The van der Waals surface area contributed by atoms with Crippen LogP contribution in [0.25, 0.3) is 11.5 Å². The van der Waals surface area contributed by atoms with Gasteiger partial charge >= 0.3 is 18.0 Å². The summed E-state index contributed by atoms with van der Waals surface area (Å²) < 4.78 is 46.2. The second kappa shape index (κ2) is 22.7. The molecule has 0 spiro atoms.